The molecule has 3 aromatic rings. The summed E-state index contributed by atoms with van der Waals surface area (Å²) in [6, 6.07) is 11.8. The molecule has 0 saturated heterocycles. The molecule has 3 unspecified atom stereocenters. The third-order valence-electron chi connectivity index (χ3n) is 6.73. The number of hydrogen-bond acceptors (Lipinski definition) is 5. The lowest BCUT2D eigenvalue weighted by molar-refractivity contribution is -0.124. The molecule has 34 heavy (non-hydrogen) atoms. The third kappa shape index (κ3) is 4.50. The molecular formula is C25H22ClFN2O5. The molecular weight excluding hydrogens is 463 g/mol. The average Bonchev–Trinajstić information content (AvgIpc) is 3.01. The minimum atomic E-state index is -0.609. The van der Waals surface area contributed by atoms with Crippen molar-refractivity contribution in [2.75, 3.05) is 6.61 Å². The lowest BCUT2D eigenvalue weighted by Crippen LogP contribution is -2.44. The van der Waals surface area contributed by atoms with Crippen molar-refractivity contribution in [2.45, 2.75) is 31.3 Å². The van der Waals surface area contributed by atoms with Crippen molar-refractivity contribution in [3.63, 3.8) is 0 Å². The topological polar surface area (TPSA) is 97.6 Å². The quantitative estimate of drug-likeness (QED) is 0.520. The van der Waals surface area contributed by atoms with Crippen LogP contribution in [0, 0.1) is 17.7 Å². The van der Waals surface area contributed by atoms with E-state index < -0.39 is 11.4 Å². The molecule has 2 aromatic carbocycles. The van der Waals surface area contributed by atoms with Crippen LogP contribution in [0.5, 0.6) is 5.75 Å². The zero-order chi connectivity index (χ0) is 23.8. The Labute approximate surface area is 199 Å². The zero-order valence-corrected chi connectivity index (χ0v) is 18.8. The molecule has 2 saturated carbocycles. The smallest absolute Gasteiger partial charge is 0.336 e. The van der Waals surface area contributed by atoms with Gasteiger partial charge in [0.25, 0.3) is 11.8 Å². The summed E-state index contributed by atoms with van der Waals surface area (Å²) in [6.07, 6.45) is 2.61. The second-order valence-corrected chi connectivity index (χ2v) is 9.17. The largest absolute Gasteiger partial charge is 0.484 e. The van der Waals surface area contributed by atoms with E-state index in [4.69, 9.17) is 20.8 Å². The first-order valence-electron chi connectivity index (χ1n) is 11.1. The highest BCUT2D eigenvalue weighted by molar-refractivity contribution is 6.30. The first-order valence-corrected chi connectivity index (χ1v) is 11.5. The van der Waals surface area contributed by atoms with Gasteiger partial charge >= 0.3 is 5.63 Å². The van der Waals surface area contributed by atoms with Gasteiger partial charge in [0.05, 0.1) is 5.02 Å². The van der Waals surface area contributed by atoms with E-state index in [9.17, 15) is 18.8 Å². The fourth-order valence-corrected chi connectivity index (χ4v) is 5.05. The van der Waals surface area contributed by atoms with Crippen molar-refractivity contribution in [3.8, 4) is 5.75 Å². The molecule has 5 rings (SSSR count). The molecule has 2 aliphatic carbocycles. The predicted octanol–water partition coefficient (Wildman–Crippen LogP) is 3.68. The molecule has 9 heteroatoms. The van der Waals surface area contributed by atoms with E-state index in [1.165, 1.54) is 18.2 Å². The van der Waals surface area contributed by atoms with Gasteiger partial charge < -0.3 is 19.8 Å². The van der Waals surface area contributed by atoms with Crippen LogP contribution in [0.25, 0.3) is 11.0 Å². The van der Waals surface area contributed by atoms with Crippen molar-refractivity contribution in [1.29, 1.82) is 0 Å². The summed E-state index contributed by atoms with van der Waals surface area (Å²) in [5, 5.41) is 6.77. The molecule has 1 heterocycles. The molecule has 1 aromatic heterocycles. The summed E-state index contributed by atoms with van der Waals surface area (Å²) >= 11 is 5.66. The van der Waals surface area contributed by atoms with E-state index in [1.807, 2.05) is 0 Å². The second-order valence-electron chi connectivity index (χ2n) is 8.77. The first-order chi connectivity index (χ1) is 16.4. The standard InChI is InChI=1S/C25H22ClFN2O5/c26-18-6-3-15(10-19(18)27)33-12-23(30)28-20-11-21(17-5-4-16(17)20)29-25(32)14-1-7-22-13(9-14)2-8-24(31)34-22/h1-3,6-10,16-17,20-21H,4-5,11-12H2,(H,28,30)(H,29,32)/t16?,17?,20?,21-/m0/s1. The normalized spacial score (nSPS) is 23.1. The Bertz CT molecular complexity index is 1330. The Morgan fingerprint density at radius 3 is 2.53 bits per heavy atom. The van der Waals surface area contributed by atoms with E-state index in [2.05, 4.69) is 10.6 Å². The summed E-state index contributed by atoms with van der Waals surface area (Å²) in [5.74, 6) is -0.281. The first kappa shape index (κ1) is 22.4. The number of amides is 2. The number of carbonyl (C=O) groups excluding carboxylic acids is 2. The Kier molecular flexibility index (Phi) is 6.00. The number of rotatable bonds is 6. The monoisotopic (exact) mass is 484 g/mol. The Hall–Kier alpha value is -3.39. The van der Waals surface area contributed by atoms with Crippen LogP contribution < -0.4 is 21.0 Å². The molecule has 2 fully saturated rings. The summed E-state index contributed by atoms with van der Waals surface area (Å²) in [7, 11) is 0. The summed E-state index contributed by atoms with van der Waals surface area (Å²) in [6.45, 7) is -0.237. The maximum absolute atomic E-state index is 13.5. The maximum Gasteiger partial charge on any atom is 0.336 e. The minimum Gasteiger partial charge on any atom is -0.484 e. The van der Waals surface area contributed by atoms with E-state index >= 15 is 0 Å². The number of nitrogens with one attached hydrogen (secondary N) is 2. The molecule has 0 bridgehead atoms. The summed E-state index contributed by atoms with van der Waals surface area (Å²) in [5.41, 5.74) is 0.467. The predicted molar refractivity (Wildman–Crippen MR) is 123 cm³/mol. The van der Waals surface area contributed by atoms with Crippen LogP contribution in [-0.2, 0) is 4.79 Å². The van der Waals surface area contributed by atoms with Crippen LogP contribution in [0.1, 0.15) is 29.6 Å². The zero-order valence-electron chi connectivity index (χ0n) is 18.1. The Morgan fingerprint density at radius 2 is 1.79 bits per heavy atom. The second kappa shape index (κ2) is 9.10. The minimum absolute atomic E-state index is 0.0119. The van der Waals surface area contributed by atoms with Gasteiger partial charge in [-0.05, 0) is 67.5 Å². The van der Waals surface area contributed by atoms with Gasteiger partial charge in [0, 0.05) is 35.2 Å². The summed E-state index contributed by atoms with van der Waals surface area (Å²) < 4.78 is 24.0. The third-order valence-corrected chi connectivity index (χ3v) is 7.04. The average molecular weight is 485 g/mol. The highest BCUT2D eigenvalue weighted by Gasteiger charge is 2.49. The summed E-state index contributed by atoms with van der Waals surface area (Å²) in [4.78, 5) is 36.6. The van der Waals surface area contributed by atoms with Crippen LogP contribution >= 0.6 is 11.6 Å². The maximum atomic E-state index is 13.5. The Balaban J connectivity index is 1.18. The van der Waals surface area contributed by atoms with Gasteiger partial charge in [0.2, 0.25) is 0 Å². The number of ether oxygens (including phenoxy) is 1. The molecule has 176 valence electrons. The molecule has 2 amide bonds. The van der Waals surface area contributed by atoms with Gasteiger partial charge in [-0.15, -0.1) is 0 Å². The van der Waals surface area contributed by atoms with Gasteiger partial charge in [-0.2, -0.15) is 0 Å². The number of hydrogen-bond donors (Lipinski definition) is 2. The highest BCUT2D eigenvalue weighted by atomic mass is 35.5. The molecule has 7 nitrogen and oxygen atoms in total. The van der Waals surface area contributed by atoms with E-state index in [1.54, 1.807) is 24.3 Å². The number of benzene rings is 2. The van der Waals surface area contributed by atoms with Crippen LogP contribution in [0.3, 0.4) is 0 Å². The Morgan fingerprint density at radius 1 is 1.03 bits per heavy atom. The van der Waals surface area contributed by atoms with Crippen molar-refractivity contribution in [1.82, 2.24) is 10.6 Å². The SMILES string of the molecule is O=C(COc1ccc(Cl)c(F)c1)NC1C[C@H](NC(=O)c2ccc3oc(=O)ccc3c2)C2CCC12. The molecule has 0 radical (unpaired) electrons. The molecule has 2 aliphatic rings. The molecule has 0 spiro atoms. The van der Waals surface area contributed by atoms with Crippen molar-refractivity contribution in [3.05, 3.63) is 75.4 Å². The van der Waals surface area contributed by atoms with Crippen molar-refractivity contribution >= 4 is 34.4 Å². The van der Waals surface area contributed by atoms with Crippen LogP contribution in [0.15, 0.2) is 57.7 Å². The van der Waals surface area contributed by atoms with Gasteiger partial charge in [0.15, 0.2) is 6.61 Å². The molecule has 4 atom stereocenters. The van der Waals surface area contributed by atoms with Crippen molar-refractivity contribution in [2.24, 2.45) is 11.8 Å². The fourth-order valence-electron chi connectivity index (χ4n) is 4.93. The van der Waals surface area contributed by atoms with Crippen LogP contribution in [0.4, 0.5) is 4.39 Å². The highest BCUT2D eigenvalue weighted by Crippen LogP contribution is 2.47. The number of halogens is 2. The molecule has 2 N–H and O–H groups in total. The lowest BCUT2D eigenvalue weighted by atomic mass is 9.73. The van der Waals surface area contributed by atoms with E-state index in [-0.39, 0.29) is 41.3 Å². The van der Waals surface area contributed by atoms with E-state index in [0.29, 0.717) is 34.8 Å². The molecule has 0 aliphatic heterocycles. The van der Waals surface area contributed by atoms with E-state index in [0.717, 1.165) is 18.9 Å². The van der Waals surface area contributed by atoms with Crippen LogP contribution in [-0.4, -0.2) is 30.5 Å². The van der Waals surface area contributed by atoms with Gasteiger partial charge in [-0.1, -0.05) is 11.6 Å². The number of carbonyl (C=O) groups is 2. The fraction of sp³-hybridized carbons (Fsp3) is 0.320. The van der Waals surface area contributed by atoms with Gasteiger partial charge in [-0.25, -0.2) is 9.18 Å². The lowest BCUT2D eigenvalue weighted by Gasteiger charge is -2.36. The van der Waals surface area contributed by atoms with Gasteiger partial charge in [0.1, 0.15) is 17.1 Å². The van der Waals surface area contributed by atoms with Crippen molar-refractivity contribution < 1.29 is 23.1 Å². The van der Waals surface area contributed by atoms with Gasteiger partial charge in [-0.3, -0.25) is 9.59 Å². The van der Waals surface area contributed by atoms with Crippen LogP contribution in [0.2, 0.25) is 5.02 Å². The number of fused-ring (bicyclic) bond motifs is 2.